The maximum Gasteiger partial charge on any atom is 0.299 e. The summed E-state index contributed by atoms with van der Waals surface area (Å²) in [6.07, 6.45) is 1.11. The van der Waals surface area contributed by atoms with Gasteiger partial charge >= 0.3 is 0 Å². The zero-order chi connectivity index (χ0) is 23.0. The number of benzene rings is 2. The van der Waals surface area contributed by atoms with Crippen LogP contribution in [0.25, 0.3) is 10.8 Å². The molecule has 0 spiro atoms. The highest BCUT2D eigenvalue weighted by molar-refractivity contribution is 7.89. The van der Waals surface area contributed by atoms with Crippen molar-refractivity contribution < 1.29 is 22.8 Å². The van der Waals surface area contributed by atoms with Crippen molar-refractivity contribution in [2.75, 3.05) is 19.3 Å². The molecule has 2 heterocycles. The summed E-state index contributed by atoms with van der Waals surface area (Å²) in [7, 11) is -2.38. The Morgan fingerprint density at radius 1 is 1.12 bits per heavy atom. The van der Waals surface area contributed by atoms with Crippen molar-refractivity contribution in [1.29, 1.82) is 0 Å². The van der Waals surface area contributed by atoms with E-state index in [9.17, 15) is 22.8 Å². The molecule has 2 aromatic carbocycles. The number of sulfonamides is 1. The first kappa shape index (κ1) is 21.9. The van der Waals surface area contributed by atoms with Gasteiger partial charge in [-0.1, -0.05) is 36.4 Å². The van der Waals surface area contributed by atoms with Gasteiger partial charge in [0.2, 0.25) is 16.0 Å². The van der Waals surface area contributed by atoms with Crippen LogP contribution in [0.1, 0.15) is 31.4 Å². The molecule has 2 unspecified atom stereocenters. The van der Waals surface area contributed by atoms with E-state index in [-0.39, 0.29) is 18.3 Å². The van der Waals surface area contributed by atoms with Crippen LogP contribution in [0.15, 0.2) is 47.5 Å². The number of nitrogens with one attached hydrogen (secondary N) is 1. The van der Waals surface area contributed by atoms with Gasteiger partial charge in [-0.2, -0.15) is 0 Å². The highest BCUT2D eigenvalue weighted by atomic mass is 32.2. The molecule has 1 N–H and O–H groups in total. The van der Waals surface area contributed by atoms with E-state index in [1.807, 2.05) is 42.5 Å². The lowest BCUT2D eigenvalue weighted by molar-refractivity contribution is -0.145. The number of fused-ring (bicyclic) bond motifs is 1. The molecule has 2 aliphatic rings. The van der Waals surface area contributed by atoms with Crippen LogP contribution in [-0.2, 0) is 24.4 Å². The normalized spacial score (nSPS) is 21.9. The predicted octanol–water partition coefficient (Wildman–Crippen LogP) is 1.21. The number of hydrogen-bond acceptors (Lipinski definition) is 6. The molecule has 168 valence electrons. The van der Waals surface area contributed by atoms with Crippen molar-refractivity contribution in [1.82, 2.24) is 14.5 Å². The molecule has 4 rings (SSSR count). The second kappa shape index (κ2) is 8.34. The molecule has 0 aromatic heterocycles. The number of nitrogens with zero attached hydrogens (tertiary/aromatic N) is 3. The Bertz CT molecular complexity index is 1240. The number of rotatable bonds is 3. The van der Waals surface area contributed by atoms with Gasteiger partial charge in [0.1, 0.15) is 0 Å². The van der Waals surface area contributed by atoms with Crippen LogP contribution in [0.4, 0.5) is 0 Å². The summed E-state index contributed by atoms with van der Waals surface area (Å²) in [6, 6.07) is 11.5. The molecule has 0 saturated carbocycles. The molecule has 1 fully saturated rings. The summed E-state index contributed by atoms with van der Waals surface area (Å²) in [4.78, 5) is 43.0. The Morgan fingerprint density at radius 3 is 2.56 bits per heavy atom. The number of guanidine groups is 1. The summed E-state index contributed by atoms with van der Waals surface area (Å²) >= 11 is 0. The van der Waals surface area contributed by atoms with E-state index in [1.165, 1.54) is 7.05 Å². The molecule has 0 bridgehead atoms. The number of carbonyl (C=O) groups is 3. The van der Waals surface area contributed by atoms with Gasteiger partial charge < -0.3 is 5.32 Å². The molecule has 2 atom stereocenters. The lowest BCUT2D eigenvalue weighted by atomic mass is 10.0. The van der Waals surface area contributed by atoms with E-state index in [2.05, 4.69) is 10.3 Å². The minimum absolute atomic E-state index is 0.0716. The summed E-state index contributed by atoms with van der Waals surface area (Å²) in [6.45, 7) is 1.91. The van der Waals surface area contributed by atoms with Crippen LogP contribution in [0.2, 0.25) is 0 Å². The largest absolute Gasteiger partial charge is 0.347 e. The Balaban J connectivity index is 1.60. The van der Waals surface area contributed by atoms with E-state index in [0.29, 0.717) is 12.8 Å². The van der Waals surface area contributed by atoms with Crippen LogP contribution in [0.5, 0.6) is 0 Å². The summed E-state index contributed by atoms with van der Waals surface area (Å²) in [5.74, 6) is -2.96. The number of Topliss-reactive ketones (excluding diaryl/α,β-unsaturated/α-hetero) is 1. The van der Waals surface area contributed by atoms with Crippen molar-refractivity contribution in [3.05, 3.63) is 48.0 Å². The van der Waals surface area contributed by atoms with Crippen LogP contribution in [0, 0.1) is 0 Å². The Kier molecular flexibility index (Phi) is 5.72. The molecule has 32 heavy (non-hydrogen) atoms. The minimum atomic E-state index is -3.67. The molecule has 1 saturated heterocycles. The first-order valence-corrected chi connectivity index (χ1v) is 12.0. The topological polar surface area (TPSA) is 116 Å². The van der Waals surface area contributed by atoms with Crippen molar-refractivity contribution in [3.8, 4) is 0 Å². The molecule has 2 amide bonds. The van der Waals surface area contributed by atoms with E-state index >= 15 is 0 Å². The monoisotopic (exact) mass is 456 g/mol. The van der Waals surface area contributed by atoms with Gasteiger partial charge in [-0.15, -0.1) is 0 Å². The summed E-state index contributed by atoms with van der Waals surface area (Å²) < 4.78 is 26.0. The molecule has 9 nitrogen and oxygen atoms in total. The molecule has 0 radical (unpaired) electrons. The third-order valence-corrected chi connectivity index (χ3v) is 7.58. The number of amides is 2. The van der Waals surface area contributed by atoms with Crippen LogP contribution < -0.4 is 5.32 Å². The van der Waals surface area contributed by atoms with Crippen molar-refractivity contribution in [2.24, 2.45) is 4.99 Å². The van der Waals surface area contributed by atoms with E-state index in [1.54, 1.807) is 6.92 Å². The minimum Gasteiger partial charge on any atom is -0.347 e. The predicted molar refractivity (Wildman–Crippen MR) is 119 cm³/mol. The number of aliphatic imine (C=N–C) groups is 1. The maximum atomic E-state index is 12.9. The second-order valence-electron chi connectivity index (χ2n) is 7.99. The quantitative estimate of drug-likeness (QED) is 0.551. The van der Waals surface area contributed by atoms with Gasteiger partial charge in [-0.25, -0.2) is 17.7 Å². The average Bonchev–Trinajstić information content (AvgIpc) is 2.77. The van der Waals surface area contributed by atoms with E-state index in [4.69, 9.17) is 0 Å². The summed E-state index contributed by atoms with van der Waals surface area (Å²) in [5, 5.41) is 4.80. The van der Waals surface area contributed by atoms with Crippen LogP contribution >= 0.6 is 0 Å². The van der Waals surface area contributed by atoms with Crippen molar-refractivity contribution in [2.45, 2.75) is 31.8 Å². The summed E-state index contributed by atoms with van der Waals surface area (Å²) in [5.41, 5.74) is 0.826. The fourth-order valence-corrected chi connectivity index (χ4v) is 5.52. The van der Waals surface area contributed by atoms with Gasteiger partial charge in [0.25, 0.3) is 17.6 Å². The van der Waals surface area contributed by atoms with Crippen molar-refractivity contribution in [3.63, 3.8) is 0 Å². The van der Waals surface area contributed by atoms with E-state index < -0.39 is 39.7 Å². The van der Waals surface area contributed by atoms with Crippen LogP contribution in [-0.4, -0.2) is 66.6 Å². The second-order valence-corrected chi connectivity index (χ2v) is 10.0. The molecule has 0 aliphatic carbocycles. The van der Waals surface area contributed by atoms with Crippen LogP contribution in [0.3, 0.4) is 0 Å². The zero-order valence-electron chi connectivity index (χ0n) is 17.8. The van der Waals surface area contributed by atoms with E-state index in [0.717, 1.165) is 25.5 Å². The first-order valence-electron chi connectivity index (χ1n) is 10.4. The number of likely N-dealkylation sites (N-methyl/N-ethyl adjacent to an activating group) is 1. The third-order valence-electron chi connectivity index (χ3n) is 5.76. The average molecular weight is 457 g/mol. The molecule has 2 aliphatic heterocycles. The highest BCUT2D eigenvalue weighted by Gasteiger charge is 2.43. The Hall–Kier alpha value is -3.27. The molecule has 10 heteroatoms. The Labute approximate surface area is 186 Å². The maximum absolute atomic E-state index is 12.9. The number of hydrogen-bond donors (Lipinski definition) is 1. The SMILES string of the molecule is CC(NC(=O)C1N=C(N2CCCCS2(=O)=O)N(C)C(=O)C1=O)c1ccc2ccccc2c1. The Morgan fingerprint density at radius 2 is 1.84 bits per heavy atom. The number of carbonyl (C=O) groups excluding carboxylic acids is 3. The number of ketones is 1. The molecular formula is C22H24N4O5S. The molecule has 2 aromatic rings. The van der Waals surface area contributed by atoms with Gasteiger partial charge in [0, 0.05) is 13.6 Å². The standard InChI is InChI=1S/C22H24N4O5S/c1-14(16-10-9-15-7-3-4-8-17(15)13-16)23-20(28)18-19(27)21(29)25(2)22(24-18)26-11-5-6-12-32(26,30)31/h3-4,7-10,13-14,18H,5-6,11-12H2,1-2H3,(H,23,28). The van der Waals surface area contributed by atoms with Gasteiger partial charge in [0.15, 0.2) is 6.04 Å². The third kappa shape index (κ3) is 3.97. The fourth-order valence-electron chi connectivity index (χ4n) is 3.91. The highest BCUT2D eigenvalue weighted by Crippen LogP contribution is 2.22. The smallest absolute Gasteiger partial charge is 0.299 e. The lowest BCUT2D eigenvalue weighted by Crippen LogP contribution is -2.59. The fraction of sp³-hybridized carbons (Fsp3) is 0.364. The molecular weight excluding hydrogens is 432 g/mol. The van der Waals surface area contributed by atoms with Crippen molar-refractivity contribution >= 4 is 44.4 Å². The first-order chi connectivity index (χ1) is 15.2. The van der Waals surface area contributed by atoms with Gasteiger partial charge in [-0.05, 0) is 42.2 Å². The lowest BCUT2D eigenvalue weighted by Gasteiger charge is -2.35. The van der Waals surface area contributed by atoms with Gasteiger partial charge in [0.05, 0.1) is 11.8 Å². The van der Waals surface area contributed by atoms with Gasteiger partial charge in [-0.3, -0.25) is 19.3 Å². The zero-order valence-corrected chi connectivity index (χ0v) is 18.6.